The van der Waals surface area contributed by atoms with Crippen molar-refractivity contribution in [2.45, 2.75) is 37.8 Å². The highest BCUT2D eigenvalue weighted by Gasteiger charge is 2.20. The molecule has 1 saturated carbocycles. The van der Waals surface area contributed by atoms with Crippen molar-refractivity contribution in [3.8, 4) is 0 Å². The zero-order chi connectivity index (χ0) is 14.5. The highest BCUT2D eigenvalue weighted by atomic mass is 16.2. The largest absolute Gasteiger partial charge is 0.367 e. The van der Waals surface area contributed by atoms with Crippen LogP contribution in [0.5, 0.6) is 0 Å². The molecule has 1 aliphatic carbocycles. The van der Waals surface area contributed by atoms with Gasteiger partial charge in [-0.25, -0.2) is 4.98 Å². The number of amides is 1. The molecule has 1 aromatic rings. The molecule has 0 aromatic carbocycles. The Morgan fingerprint density at radius 2 is 1.85 bits per heavy atom. The molecule has 0 bridgehead atoms. The van der Waals surface area contributed by atoms with Crippen LogP contribution in [0, 0.1) is 0 Å². The van der Waals surface area contributed by atoms with Gasteiger partial charge in [0.1, 0.15) is 5.82 Å². The molecule has 2 N–H and O–H groups in total. The zero-order valence-electron chi connectivity index (χ0n) is 12.5. The molecule has 5 nitrogen and oxygen atoms in total. The first-order valence-corrected chi connectivity index (χ1v) is 7.21. The fourth-order valence-corrected chi connectivity index (χ4v) is 2.60. The van der Waals surface area contributed by atoms with Gasteiger partial charge in [0.05, 0.1) is 5.56 Å². The summed E-state index contributed by atoms with van der Waals surface area (Å²) in [6.07, 6.45) is 6.36. The van der Waals surface area contributed by atoms with E-state index in [0.717, 1.165) is 18.7 Å². The van der Waals surface area contributed by atoms with Gasteiger partial charge in [-0.1, -0.05) is 0 Å². The number of aromatic nitrogens is 1. The average molecular weight is 276 g/mol. The predicted octanol–water partition coefficient (Wildman–Crippen LogP) is 1.73. The van der Waals surface area contributed by atoms with Crippen LogP contribution >= 0.6 is 0 Å². The van der Waals surface area contributed by atoms with Crippen molar-refractivity contribution in [1.82, 2.24) is 15.2 Å². The lowest BCUT2D eigenvalue weighted by molar-refractivity contribution is 0.0827. The number of pyridine rings is 1. The Morgan fingerprint density at radius 1 is 1.20 bits per heavy atom. The van der Waals surface area contributed by atoms with E-state index >= 15 is 0 Å². The fourth-order valence-electron chi connectivity index (χ4n) is 2.60. The summed E-state index contributed by atoms with van der Waals surface area (Å²) in [4.78, 5) is 17.7. The summed E-state index contributed by atoms with van der Waals surface area (Å²) in [6.45, 7) is 0. The maximum absolute atomic E-state index is 11.8. The number of nitrogens with zero attached hydrogens (tertiary/aromatic N) is 2. The molecule has 5 heteroatoms. The maximum atomic E-state index is 11.8. The second-order valence-corrected chi connectivity index (χ2v) is 5.61. The van der Waals surface area contributed by atoms with Gasteiger partial charge in [0, 0.05) is 32.4 Å². The molecule has 0 aliphatic heterocycles. The fraction of sp³-hybridized carbons (Fsp3) is 0.600. The summed E-state index contributed by atoms with van der Waals surface area (Å²) in [5, 5.41) is 6.79. The molecule has 0 unspecified atom stereocenters. The summed E-state index contributed by atoms with van der Waals surface area (Å²) >= 11 is 0. The molecule has 2 rings (SSSR count). The SMILES string of the molecule is CNC1CCC(Nc2ccc(C(=O)N(C)C)cn2)CC1. The van der Waals surface area contributed by atoms with Gasteiger partial charge in [0.15, 0.2) is 0 Å². The van der Waals surface area contributed by atoms with E-state index in [4.69, 9.17) is 0 Å². The van der Waals surface area contributed by atoms with Crippen molar-refractivity contribution >= 4 is 11.7 Å². The van der Waals surface area contributed by atoms with Gasteiger partial charge in [-0.2, -0.15) is 0 Å². The Morgan fingerprint density at radius 3 is 2.35 bits per heavy atom. The Labute approximate surface area is 120 Å². The first-order valence-electron chi connectivity index (χ1n) is 7.21. The van der Waals surface area contributed by atoms with Crippen LogP contribution in [-0.2, 0) is 0 Å². The van der Waals surface area contributed by atoms with Gasteiger partial charge in [-0.05, 0) is 44.9 Å². The normalized spacial score (nSPS) is 22.4. The van der Waals surface area contributed by atoms with E-state index in [1.54, 1.807) is 25.2 Å². The van der Waals surface area contributed by atoms with Gasteiger partial charge < -0.3 is 15.5 Å². The Kier molecular flexibility index (Phi) is 4.95. The zero-order valence-corrected chi connectivity index (χ0v) is 12.5. The number of rotatable bonds is 4. The predicted molar refractivity (Wildman–Crippen MR) is 81.0 cm³/mol. The Balaban J connectivity index is 1.90. The maximum Gasteiger partial charge on any atom is 0.254 e. The van der Waals surface area contributed by atoms with Crippen molar-refractivity contribution in [3.05, 3.63) is 23.9 Å². The quantitative estimate of drug-likeness (QED) is 0.879. The monoisotopic (exact) mass is 276 g/mol. The van der Waals surface area contributed by atoms with E-state index in [1.165, 1.54) is 12.8 Å². The Hall–Kier alpha value is -1.62. The van der Waals surface area contributed by atoms with Crippen LogP contribution in [-0.4, -0.2) is 49.0 Å². The van der Waals surface area contributed by atoms with Crippen molar-refractivity contribution in [3.63, 3.8) is 0 Å². The summed E-state index contributed by atoms with van der Waals surface area (Å²) in [7, 11) is 5.52. The van der Waals surface area contributed by atoms with Gasteiger partial charge in [0.25, 0.3) is 5.91 Å². The van der Waals surface area contributed by atoms with Crippen LogP contribution in [0.4, 0.5) is 5.82 Å². The molecule has 0 radical (unpaired) electrons. The molecular weight excluding hydrogens is 252 g/mol. The van der Waals surface area contributed by atoms with Gasteiger partial charge >= 0.3 is 0 Å². The van der Waals surface area contributed by atoms with Crippen LogP contribution in [0.2, 0.25) is 0 Å². The van der Waals surface area contributed by atoms with E-state index in [0.29, 0.717) is 17.6 Å². The molecule has 20 heavy (non-hydrogen) atoms. The van der Waals surface area contributed by atoms with Crippen LogP contribution in [0.25, 0.3) is 0 Å². The molecule has 1 fully saturated rings. The minimum atomic E-state index is -0.0152. The van der Waals surface area contributed by atoms with E-state index in [9.17, 15) is 4.79 Å². The topological polar surface area (TPSA) is 57.3 Å². The van der Waals surface area contributed by atoms with E-state index in [1.807, 2.05) is 19.2 Å². The molecule has 110 valence electrons. The second-order valence-electron chi connectivity index (χ2n) is 5.61. The van der Waals surface area contributed by atoms with E-state index in [2.05, 4.69) is 15.6 Å². The summed E-state index contributed by atoms with van der Waals surface area (Å²) in [5.74, 6) is 0.840. The number of nitrogens with one attached hydrogen (secondary N) is 2. The molecule has 1 aliphatic rings. The van der Waals surface area contributed by atoms with Gasteiger partial charge in [0.2, 0.25) is 0 Å². The third kappa shape index (κ3) is 3.70. The molecule has 0 atom stereocenters. The van der Waals surface area contributed by atoms with Gasteiger partial charge in [-0.3, -0.25) is 4.79 Å². The minimum absolute atomic E-state index is 0.0152. The van der Waals surface area contributed by atoms with Crippen LogP contribution < -0.4 is 10.6 Å². The van der Waals surface area contributed by atoms with Crippen LogP contribution in [0.1, 0.15) is 36.0 Å². The van der Waals surface area contributed by atoms with E-state index in [-0.39, 0.29) is 5.91 Å². The van der Waals surface area contributed by atoms with Gasteiger partial charge in [-0.15, -0.1) is 0 Å². The van der Waals surface area contributed by atoms with Crippen LogP contribution in [0.15, 0.2) is 18.3 Å². The highest BCUT2D eigenvalue weighted by molar-refractivity contribution is 5.93. The minimum Gasteiger partial charge on any atom is -0.367 e. The number of carbonyl (C=O) groups is 1. The third-order valence-corrected chi connectivity index (χ3v) is 3.90. The lowest BCUT2D eigenvalue weighted by Gasteiger charge is -2.29. The molecule has 1 aromatic heterocycles. The second kappa shape index (κ2) is 6.70. The van der Waals surface area contributed by atoms with Crippen molar-refractivity contribution in [2.24, 2.45) is 0 Å². The summed E-state index contributed by atoms with van der Waals surface area (Å²) < 4.78 is 0. The van der Waals surface area contributed by atoms with Crippen LogP contribution in [0.3, 0.4) is 0 Å². The Bertz CT molecular complexity index is 436. The van der Waals surface area contributed by atoms with Crippen molar-refractivity contribution in [2.75, 3.05) is 26.5 Å². The number of anilines is 1. The molecule has 1 amide bonds. The number of carbonyl (C=O) groups excluding carboxylic acids is 1. The molecular formula is C15H24N4O. The summed E-state index contributed by atoms with van der Waals surface area (Å²) in [6, 6.07) is 4.86. The number of hydrogen-bond acceptors (Lipinski definition) is 4. The number of hydrogen-bond donors (Lipinski definition) is 2. The van der Waals surface area contributed by atoms with Crippen molar-refractivity contribution in [1.29, 1.82) is 0 Å². The molecule has 0 saturated heterocycles. The van der Waals surface area contributed by atoms with E-state index < -0.39 is 0 Å². The lowest BCUT2D eigenvalue weighted by Crippen LogP contribution is -2.35. The first kappa shape index (κ1) is 14.8. The standard InChI is InChI=1S/C15H24N4O/c1-16-12-5-7-13(8-6-12)18-14-9-4-11(10-17-14)15(20)19(2)3/h4,9-10,12-13,16H,5-8H2,1-3H3,(H,17,18). The smallest absolute Gasteiger partial charge is 0.254 e. The molecule has 0 spiro atoms. The lowest BCUT2D eigenvalue weighted by atomic mass is 9.91. The first-order chi connectivity index (χ1) is 9.60. The van der Waals surface area contributed by atoms with Crippen molar-refractivity contribution < 1.29 is 4.79 Å². The highest BCUT2D eigenvalue weighted by Crippen LogP contribution is 2.21. The third-order valence-electron chi connectivity index (χ3n) is 3.90. The summed E-state index contributed by atoms with van der Waals surface area (Å²) in [5.41, 5.74) is 0.624. The average Bonchev–Trinajstić information content (AvgIpc) is 2.48. The molecule has 1 heterocycles.